The molecule has 4 rings (SSSR count). The molecular weight excluding hydrogens is 418 g/mol. The lowest BCUT2D eigenvalue weighted by Gasteiger charge is -2.24. The zero-order valence-corrected chi connectivity index (χ0v) is 17.3. The molecule has 146 valence electrons. The number of hydrogen-bond donors (Lipinski definition) is 1. The highest BCUT2D eigenvalue weighted by atomic mass is 79.9. The van der Waals surface area contributed by atoms with Crippen LogP contribution in [-0.4, -0.2) is 42.4 Å². The molecule has 0 aliphatic carbocycles. The summed E-state index contributed by atoms with van der Waals surface area (Å²) >= 11 is 3.39. The molecular formula is C22H24BrN3O2. The minimum atomic E-state index is -0.424. The van der Waals surface area contributed by atoms with Gasteiger partial charge in [-0.2, -0.15) is 0 Å². The second-order valence-corrected chi connectivity index (χ2v) is 8.31. The summed E-state index contributed by atoms with van der Waals surface area (Å²) in [7, 11) is 0. The van der Waals surface area contributed by atoms with Crippen LogP contribution in [0.5, 0.6) is 0 Å². The first kappa shape index (κ1) is 19.0. The van der Waals surface area contributed by atoms with E-state index >= 15 is 0 Å². The van der Waals surface area contributed by atoms with Crippen molar-refractivity contribution in [1.82, 2.24) is 4.90 Å². The van der Waals surface area contributed by atoms with E-state index in [9.17, 15) is 9.59 Å². The van der Waals surface area contributed by atoms with Gasteiger partial charge in [-0.15, -0.1) is 0 Å². The highest BCUT2D eigenvalue weighted by Gasteiger charge is 2.34. The van der Waals surface area contributed by atoms with Crippen molar-refractivity contribution in [3.8, 4) is 0 Å². The van der Waals surface area contributed by atoms with Gasteiger partial charge in [-0.1, -0.05) is 22.0 Å². The summed E-state index contributed by atoms with van der Waals surface area (Å²) in [6.45, 7) is 2.74. The molecule has 2 saturated heterocycles. The summed E-state index contributed by atoms with van der Waals surface area (Å²) in [6.07, 6.45) is 3.96. The fourth-order valence-corrected chi connectivity index (χ4v) is 4.29. The monoisotopic (exact) mass is 441 g/mol. The summed E-state index contributed by atoms with van der Waals surface area (Å²) in [5.41, 5.74) is 2.54. The number of nitrogens with one attached hydrogen (secondary N) is 1. The van der Waals surface area contributed by atoms with Gasteiger partial charge in [0.05, 0.1) is 0 Å². The molecule has 2 aliphatic heterocycles. The first-order valence-electron chi connectivity index (χ1n) is 9.84. The van der Waals surface area contributed by atoms with E-state index in [1.165, 1.54) is 12.8 Å². The number of halogens is 1. The van der Waals surface area contributed by atoms with E-state index in [0.29, 0.717) is 18.5 Å². The summed E-state index contributed by atoms with van der Waals surface area (Å²) in [5, 5.41) is 3.03. The minimum Gasteiger partial charge on any atom is -0.371 e. The van der Waals surface area contributed by atoms with Crippen molar-refractivity contribution >= 4 is 39.1 Å². The first-order chi connectivity index (χ1) is 13.6. The maximum atomic E-state index is 12.9. The second-order valence-electron chi connectivity index (χ2n) is 7.40. The maximum Gasteiger partial charge on any atom is 0.254 e. The SMILES string of the molecule is O=C(Nc1cccc(N2CCCC2)c1)C1CCCN1C(=O)c1ccc(Br)cc1. The number of likely N-dealkylation sites (tertiary alicyclic amines) is 1. The number of rotatable bonds is 4. The van der Waals surface area contributed by atoms with Gasteiger partial charge in [-0.05, 0) is 68.1 Å². The van der Waals surface area contributed by atoms with Crippen LogP contribution in [0.2, 0.25) is 0 Å². The van der Waals surface area contributed by atoms with E-state index in [4.69, 9.17) is 0 Å². The van der Waals surface area contributed by atoms with Crippen molar-refractivity contribution in [2.75, 3.05) is 29.9 Å². The van der Waals surface area contributed by atoms with Crippen molar-refractivity contribution in [1.29, 1.82) is 0 Å². The molecule has 0 aromatic heterocycles. The fraction of sp³-hybridized carbons (Fsp3) is 0.364. The van der Waals surface area contributed by atoms with Crippen molar-refractivity contribution in [3.63, 3.8) is 0 Å². The zero-order valence-electron chi connectivity index (χ0n) is 15.7. The predicted molar refractivity (Wildman–Crippen MR) is 115 cm³/mol. The van der Waals surface area contributed by atoms with Crippen LogP contribution in [0.25, 0.3) is 0 Å². The van der Waals surface area contributed by atoms with Gasteiger partial charge in [0.25, 0.3) is 5.91 Å². The molecule has 6 heteroatoms. The molecule has 0 bridgehead atoms. The number of anilines is 2. The third-order valence-electron chi connectivity index (χ3n) is 5.49. The van der Waals surface area contributed by atoms with Crippen molar-refractivity contribution < 1.29 is 9.59 Å². The summed E-state index contributed by atoms with van der Waals surface area (Å²) in [6, 6.07) is 14.9. The lowest BCUT2D eigenvalue weighted by molar-refractivity contribution is -0.119. The highest BCUT2D eigenvalue weighted by Crippen LogP contribution is 2.26. The molecule has 2 fully saturated rings. The van der Waals surface area contributed by atoms with Gasteiger partial charge in [0.2, 0.25) is 5.91 Å². The maximum absolute atomic E-state index is 12.9. The highest BCUT2D eigenvalue weighted by molar-refractivity contribution is 9.10. The minimum absolute atomic E-state index is 0.0871. The number of amides is 2. The Bertz CT molecular complexity index is 862. The molecule has 0 spiro atoms. The van der Waals surface area contributed by atoms with Crippen LogP contribution in [0.1, 0.15) is 36.0 Å². The lowest BCUT2D eigenvalue weighted by atomic mass is 10.1. The number of nitrogens with zero attached hydrogens (tertiary/aromatic N) is 2. The van der Waals surface area contributed by atoms with Crippen molar-refractivity contribution in [2.45, 2.75) is 31.7 Å². The van der Waals surface area contributed by atoms with Gasteiger partial charge in [-0.25, -0.2) is 0 Å². The van der Waals surface area contributed by atoms with Gasteiger partial charge in [-0.3, -0.25) is 9.59 Å². The molecule has 2 amide bonds. The van der Waals surface area contributed by atoms with Crippen LogP contribution in [0.3, 0.4) is 0 Å². The Kier molecular flexibility index (Phi) is 5.67. The molecule has 1 unspecified atom stereocenters. The predicted octanol–water partition coefficient (Wildman–Crippen LogP) is 4.29. The number of carbonyl (C=O) groups is 2. The molecule has 0 radical (unpaired) electrons. The molecule has 2 aromatic carbocycles. The quantitative estimate of drug-likeness (QED) is 0.769. The zero-order chi connectivity index (χ0) is 19.5. The Hall–Kier alpha value is -2.34. The van der Waals surface area contributed by atoms with E-state index in [0.717, 1.165) is 35.4 Å². The Balaban J connectivity index is 1.45. The summed E-state index contributed by atoms with van der Waals surface area (Å²) in [4.78, 5) is 29.8. The van der Waals surface area contributed by atoms with Gasteiger partial charge < -0.3 is 15.1 Å². The fourth-order valence-electron chi connectivity index (χ4n) is 4.02. The number of carbonyl (C=O) groups excluding carboxylic acids is 2. The Morgan fingerprint density at radius 3 is 2.46 bits per heavy atom. The van der Waals surface area contributed by atoms with Crippen LogP contribution in [0.15, 0.2) is 53.0 Å². The molecule has 2 aromatic rings. The van der Waals surface area contributed by atoms with Crippen LogP contribution in [-0.2, 0) is 4.79 Å². The topological polar surface area (TPSA) is 52.7 Å². The van der Waals surface area contributed by atoms with Crippen LogP contribution < -0.4 is 10.2 Å². The van der Waals surface area contributed by atoms with E-state index < -0.39 is 6.04 Å². The Morgan fingerprint density at radius 2 is 1.71 bits per heavy atom. The lowest BCUT2D eigenvalue weighted by Crippen LogP contribution is -2.43. The van der Waals surface area contributed by atoms with Gasteiger partial charge in [0.15, 0.2) is 0 Å². The van der Waals surface area contributed by atoms with Crippen LogP contribution in [0.4, 0.5) is 11.4 Å². The smallest absolute Gasteiger partial charge is 0.254 e. The van der Waals surface area contributed by atoms with Gasteiger partial charge >= 0.3 is 0 Å². The van der Waals surface area contributed by atoms with Gasteiger partial charge in [0, 0.05) is 41.0 Å². The Labute approximate surface area is 173 Å². The average Bonchev–Trinajstić information content (AvgIpc) is 3.40. The normalized spacial score (nSPS) is 19.1. The van der Waals surface area contributed by atoms with Crippen LogP contribution >= 0.6 is 15.9 Å². The molecule has 0 saturated carbocycles. The average molecular weight is 442 g/mol. The molecule has 5 nitrogen and oxygen atoms in total. The summed E-state index contributed by atoms with van der Waals surface area (Å²) < 4.78 is 0.928. The van der Waals surface area contributed by atoms with E-state index in [2.05, 4.69) is 32.2 Å². The van der Waals surface area contributed by atoms with E-state index in [1.54, 1.807) is 17.0 Å². The Morgan fingerprint density at radius 1 is 0.964 bits per heavy atom. The third-order valence-corrected chi connectivity index (χ3v) is 6.02. The van der Waals surface area contributed by atoms with Crippen LogP contribution in [0, 0.1) is 0 Å². The number of hydrogen-bond acceptors (Lipinski definition) is 3. The van der Waals surface area contributed by atoms with E-state index in [1.807, 2.05) is 30.3 Å². The standard InChI is InChI=1S/C22H24BrN3O2/c23-17-10-8-16(9-11-17)22(28)26-14-4-7-20(26)21(27)24-18-5-3-6-19(15-18)25-12-1-2-13-25/h3,5-6,8-11,15,20H,1-2,4,7,12-14H2,(H,24,27). The van der Waals surface area contributed by atoms with E-state index in [-0.39, 0.29) is 11.8 Å². The van der Waals surface area contributed by atoms with Crippen molar-refractivity contribution in [3.05, 3.63) is 58.6 Å². The number of benzene rings is 2. The molecule has 28 heavy (non-hydrogen) atoms. The second kappa shape index (κ2) is 8.35. The van der Waals surface area contributed by atoms with Gasteiger partial charge in [0.1, 0.15) is 6.04 Å². The molecule has 2 aliphatic rings. The van der Waals surface area contributed by atoms with Crippen molar-refractivity contribution in [2.24, 2.45) is 0 Å². The largest absolute Gasteiger partial charge is 0.371 e. The molecule has 1 N–H and O–H groups in total. The summed E-state index contributed by atoms with van der Waals surface area (Å²) in [5.74, 6) is -0.197. The molecule has 1 atom stereocenters. The molecule has 2 heterocycles. The third kappa shape index (κ3) is 4.07. The first-order valence-corrected chi connectivity index (χ1v) is 10.6.